The minimum atomic E-state index is 0.373. The molecule has 0 unspecified atom stereocenters. The zero-order chi connectivity index (χ0) is 3.41. The monoisotopic (exact) mass is 76.0 g/mol. The summed E-state index contributed by atoms with van der Waals surface area (Å²) in [5, 5.41) is 0. The second-order valence-electron chi connectivity index (χ2n) is 0.374. The second kappa shape index (κ2) is 3.13. The molecule has 0 aromatic carbocycles. The van der Waals surface area contributed by atoms with Crippen molar-refractivity contribution in [2.24, 2.45) is 0 Å². The molecule has 1 nitrogen and oxygen atoms in total. The van der Waals surface area contributed by atoms with Gasteiger partial charge in [0, 0.05) is 8.43 Å². The topological polar surface area (TPSA) is 20.2 Å². The predicted octanol–water partition coefficient (Wildman–Crippen LogP) is 0.662. The van der Waals surface area contributed by atoms with Crippen molar-refractivity contribution in [1.82, 2.24) is 0 Å². The van der Waals surface area contributed by atoms with Crippen LogP contribution in [0.1, 0.15) is 6.92 Å². The Balaban J connectivity index is 2.55. The molecule has 1 N–H and O–H groups in total. The highest BCUT2D eigenvalue weighted by molar-refractivity contribution is 7.31. The van der Waals surface area contributed by atoms with Crippen LogP contribution in [0.25, 0.3) is 0 Å². The molecule has 0 amide bonds. The molecule has 0 aromatic heterocycles. The first-order valence-corrected chi connectivity index (χ1v) is 1.95. The molecular weight excluding hydrogens is 71.0 g/mol. The minimum absolute atomic E-state index is 0.373. The van der Waals surface area contributed by atoms with Crippen molar-refractivity contribution in [3.8, 4) is 0 Å². The summed E-state index contributed by atoms with van der Waals surface area (Å²) < 4.78 is 0. The standard InChI is InChI=1S/C2H5OP/c1-2-4-3/h2-3H,1H3. The molecule has 4 heavy (non-hydrogen) atoms. The lowest BCUT2D eigenvalue weighted by Crippen LogP contribution is -1.35. The lowest BCUT2D eigenvalue weighted by atomic mass is 11.0. The van der Waals surface area contributed by atoms with Crippen LogP contribution >= 0.6 is 8.43 Å². The van der Waals surface area contributed by atoms with Gasteiger partial charge < -0.3 is 4.89 Å². The largest absolute Gasteiger partial charge is 0.342 e. The summed E-state index contributed by atoms with van der Waals surface area (Å²) in [5.41, 5.74) is 0. The number of hydrogen-bond acceptors (Lipinski definition) is 1. The van der Waals surface area contributed by atoms with E-state index in [0.29, 0.717) is 8.43 Å². The van der Waals surface area contributed by atoms with Gasteiger partial charge in [0.15, 0.2) is 0 Å². The fraction of sp³-hybridized carbons (Fsp3) is 0.500. The molecule has 0 bridgehead atoms. The maximum absolute atomic E-state index is 7.79. The zero-order valence-electron chi connectivity index (χ0n) is 2.47. The van der Waals surface area contributed by atoms with Gasteiger partial charge in [-0.1, -0.05) is 0 Å². The fourth-order valence-corrected chi connectivity index (χ4v) is 0. The van der Waals surface area contributed by atoms with Crippen LogP contribution in [0, 0.1) is 0 Å². The predicted molar refractivity (Wildman–Crippen MR) is 20.9 cm³/mol. The van der Waals surface area contributed by atoms with E-state index in [1.54, 1.807) is 12.7 Å². The Bertz CT molecular complexity index is 21.2. The molecule has 0 heterocycles. The summed E-state index contributed by atoms with van der Waals surface area (Å²) in [6.07, 6.45) is 0. The van der Waals surface area contributed by atoms with Crippen molar-refractivity contribution in [3.05, 3.63) is 0 Å². The minimum Gasteiger partial charge on any atom is -0.342 e. The SMILES string of the molecule is CC=PO. The van der Waals surface area contributed by atoms with Crippen LogP contribution in [-0.4, -0.2) is 10.7 Å². The maximum atomic E-state index is 7.79. The van der Waals surface area contributed by atoms with E-state index in [-0.39, 0.29) is 0 Å². The van der Waals surface area contributed by atoms with Gasteiger partial charge in [-0.2, -0.15) is 0 Å². The third-order valence-corrected chi connectivity index (χ3v) is 0.346. The van der Waals surface area contributed by atoms with Gasteiger partial charge in [-0.25, -0.2) is 0 Å². The van der Waals surface area contributed by atoms with E-state index in [0.717, 1.165) is 0 Å². The molecule has 0 fully saturated rings. The van der Waals surface area contributed by atoms with Gasteiger partial charge in [-0.15, -0.1) is 0 Å². The van der Waals surface area contributed by atoms with E-state index in [2.05, 4.69) is 0 Å². The Kier molecular flexibility index (Phi) is 3.23. The van der Waals surface area contributed by atoms with Gasteiger partial charge in [-0.3, -0.25) is 0 Å². The van der Waals surface area contributed by atoms with Crippen molar-refractivity contribution in [2.75, 3.05) is 0 Å². The Morgan fingerprint density at radius 1 is 2.00 bits per heavy atom. The lowest BCUT2D eigenvalue weighted by molar-refractivity contribution is 0.661. The molecule has 0 radical (unpaired) electrons. The van der Waals surface area contributed by atoms with E-state index in [1.807, 2.05) is 0 Å². The van der Waals surface area contributed by atoms with E-state index < -0.39 is 0 Å². The van der Waals surface area contributed by atoms with E-state index in [1.165, 1.54) is 0 Å². The summed E-state index contributed by atoms with van der Waals surface area (Å²) in [7, 11) is 0.373. The van der Waals surface area contributed by atoms with E-state index in [9.17, 15) is 0 Å². The maximum Gasteiger partial charge on any atom is 0.0472 e. The van der Waals surface area contributed by atoms with Crippen LogP contribution < -0.4 is 0 Å². The quantitative estimate of drug-likeness (QED) is 0.420. The van der Waals surface area contributed by atoms with E-state index >= 15 is 0 Å². The normalized spacial score (nSPS) is 9.50. The van der Waals surface area contributed by atoms with Crippen LogP contribution in [0.3, 0.4) is 0 Å². The summed E-state index contributed by atoms with van der Waals surface area (Å²) in [5.74, 6) is 1.65. The summed E-state index contributed by atoms with van der Waals surface area (Å²) in [6, 6.07) is 0. The highest BCUT2D eigenvalue weighted by Gasteiger charge is 1.36. The van der Waals surface area contributed by atoms with Crippen LogP contribution in [0.4, 0.5) is 0 Å². The Morgan fingerprint density at radius 3 is 2.25 bits per heavy atom. The first kappa shape index (κ1) is 4.13. The third-order valence-electron chi connectivity index (χ3n) is 0.115. The van der Waals surface area contributed by atoms with Crippen molar-refractivity contribution in [3.63, 3.8) is 0 Å². The molecule has 2 heteroatoms. The average molecular weight is 76.0 g/mol. The Hall–Kier alpha value is 0.130. The summed E-state index contributed by atoms with van der Waals surface area (Å²) in [4.78, 5) is 7.79. The molecule has 0 spiro atoms. The van der Waals surface area contributed by atoms with Gasteiger partial charge in [0.2, 0.25) is 0 Å². The number of rotatable bonds is 0. The Morgan fingerprint density at radius 2 is 2.25 bits per heavy atom. The highest BCUT2D eigenvalue weighted by Crippen LogP contribution is 1.72. The summed E-state index contributed by atoms with van der Waals surface area (Å²) >= 11 is 0. The highest BCUT2D eigenvalue weighted by atomic mass is 31.1. The second-order valence-corrected chi connectivity index (χ2v) is 1.12. The van der Waals surface area contributed by atoms with Crippen molar-refractivity contribution in [2.45, 2.75) is 6.92 Å². The van der Waals surface area contributed by atoms with Crippen LogP contribution in [0.2, 0.25) is 0 Å². The molecule has 0 atom stereocenters. The summed E-state index contributed by atoms with van der Waals surface area (Å²) in [6.45, 7) is 1.79. The molecule has 0 rings (SSSR count). The van der Waals surface area contributed by atoms with Crippen LogP contribution in [-0.2, 0) is 0 Å². The van der Waals surface area contributed by atoms with Crippen molar-refractivity contribution < 1.29 is 4.89 Å². The molecule has 0 aliphatic rings. The first-order chi connectivity index (χ1) is 1.91. The molecule has 0 saturated heterocycles. The fourth-order valence-electron chi connectivity index (χ4n) is 0. The number of hydrogen-bond donors (Lipinski definition) is 1. The van der Waals surface area contributed by atoms with Gasteiger partial charge in [0.05, 0.1) is 0 Å². The van der Waals surface area contributed by atoms with Gasteiger partial charge in [-0.05, 0) is 12.7 Å². The third kappa shape index (κ3) is 2.13. The molecule has 0 aliphatic heterocycles. The lowest BCUT2D eigenvalue weighted by Gasteiger charge is -1.49. The van der Waals surface area contributed by atoms with Crippen molar-refractivity contribution >= 4 is 14.2 Å². The van der Waals surface area contributed by atoms with E-state index in [4.69, 9.17) is 4.89 Å². The van der Waals surface area contributed by atoms with Crippen LogP contribution in [0.5, 0.6) is 0 Å². The molecule has 24 valence electrons. The smallest absolute Gasteiger partial charge is 0.0472 e. The van der Waals surface area contributed by atoms with Crippen LogP contribution in [0.15, 0.2) is 0 Å². The molecule has 0 saturated carbocycles. The zero-order valence-corrected chi connectivity index (χ0v) is 3.37. The average Bonchev–Trinajstić information content (AvgIpc) is 1.37. The van der Waals surface area contributed by atoms with Gasteiger partial charge in [0.1, 0.15) is 0 Å². The molecule has 0 aliphatic carbocycles. The Labute approximate surface area is 27.2 Å². The van der Waals surface area contributed by atoms with Gasteiger partial charge in [0.25, 0.3) is 0 Å². The van der Waals surface area contributed by atoms with Crippen molar-refractivity contribution in [1.29, 1.82) is 0 Å². The first-order valence-electron chi connectivity index (χ1n) is 1.04. The molecular formula is C2H5OP. The molecule has 0 aromatic rings. The van der Waals surface area contributed by atoms with Gasteiger partial charge >= 0.3 is 0 Å².